The number of amides is 1. The molecule has 1 aromatic carbocycles. The lowest BCUT2D eigenvalue weighted by molar-refractivity contribution is 0.0954. The Balaban J connectivity index is 1.83. The molecule has 0 radical (unpaired) electrons. The van der Waals surface area contributed by atoms with Crippen molar-refractivity contribution in [1.29, 1.82) is 0 Å². The first kappa shape index (κ1) is 16.5. The summed E-state index contributed by atoms with van der Waals surface area (Å²) in [6, 6.07) is 8.76. The molecule has 2 aromatic rings. The van der Waals surface area contributed by atoms with Crippen LogP contribution < -0.4 is 20.1 Å². The minimum Gasteiger partial charge on any atom is -0.493 e. The third kappa shape index (κ3) is 4.57. The van der Waals surface area contributed by atoms with E-state index < -0.39 is 0 Å². The van der Waals surface area contributed by atoms with Crippen molar-refractivity contribution >= 4 is 11.7 Å². The summed E-state index contributed by atoms with van der Waals surface area (Å²) in [6.07, 6.45) is 0. The Bertz CT molecular complexity index is 659. The Morgan fingerprint density at radius 3 is 2.48 bits per heavy atom. The van der Waals surface area contributed by atoms with Gasteiger partial charge in [0.15, 0.2) is 11.5 Å². The van der Waals surface area contributed by atoms with Crippen molar-refractivity contribution in [3.8, 4) is 11.5 Å². The second kappa shape index (κ2) is 7.98. The Morgan fingerprint density at radius 1 is 1.04 bits per heavy atom. The van der Waals surface area contributed by atoms with Gasteiger partial charge in [0.25, 0.3) is 5.91 Å². The smallest absolute Gasteiger partial charge is 0.251 e. The van der Waals surface area contributed by atoms with Crippen LogP contribution in [0.25, 0.3) is 0 Å². The quantitative estimate of drug-likeness (QED) is 0.755. The Hall–Kier alpha value is -2.83. The number of carbonyl (C=O) groups is 1. The summed E-state index contributed by atoms with van der Waals surface area (Å²) >= 11 is 0. The summed E-state index contributed by atoms with van der Waals surface area (Å²) in [5.74, 6) is 1.61. The Morgan fingerprint density at radius 2 is 1.83 bits per heavy atom. The normalized spacial score (nSPS) is 10.0. The van der Waals surface area contributed by atoms with E-state index in [9.17, 15) is 4.79 Å². The molecule has 0 aliphatic carbocycles. The highest BCUT2D eigenvalue weighted by atomic mass is 16.5. The van der Waals surface area contributed by atoms with Gasteiger partial charge in [-0.1, -0.05) is 0 Å². The number of aryl methyl sites for hydroxylation is 1. The second-order valence-electron chi connectivity index (χ2n) is 4.81. The van der Waals surface area contributed by atoms with Gasteiger partial charge in [-0.25, -0.2) is 0 Å². The molecule has 0 saturated carbocycles. The molecule has 0 fully saturated rings. The first-order valence-electron chi connectivity index (χ1n) is 7.18. The van der Waals surface area contributed by atoms with Crippen molar-refractivity contribution in [2.24, 2.45) is 0 Å². The largest absolute Gasteiger partial charge is 0.493 e. The monoisotopic (exact) mass is 316 g/mol. The summed E-state index contributed by atoms with van der Waals surface area (Å²) in [5.41, 5.74) is 1.37. The number of hydrogen-bond acceptors (Lipinski definition) is 6. The van der Waals surface area contributed by atoms with Crippen LogP contribution in [-0.4, -0.2) is 43.4 Å². The molecule has 1 aromatic heterocycles. The maximum Gasteiger partial charge on any atom is 0.251 e. The number of methoxy groups -OCH3 is 2. The molecule has 2 rings (SSSR count). The van der Waals surface area contributed by atoms with E-state index in [1.54, 1.807) is 25.3 Å². The van der Waals surface area contributed by atoms with Crippen molar-refractivity contribution in [1.82, 2.24) is 15.5 Å². The summed E-state index contributed by atoms with van der Waals surface area (Å²) in [7, 11) is 3.09. The third-order valence-corrected chi connectivity index (χ3v) is 3.16. The second-order valence-corrected chi connectivity index (χ2v) is 4.81. The molecule has 2 N–H and O–H groups in total. The molecule has 23 heavy (non-hydrogen) atoms. The van der Waals surface area contributed by atoms with Crippen LogP contribution in [0.1, 0.15) is 16.1 Å². The van der Waals surface area contributed by atoms with Gasteiger partial charge in [0.2, 0.25) is 0 Å². The van der Waals surface area contributed by atoms with E-state index in [1.807, 2.05) is 19.1 Å². The van der Waals surface area contributed by atoms with Gasteiger partial charge >= 0.3 is 0 Å². The maximum absolute atomic E-state index is 12.1. The third-order valence-electron chi connectivity index (χ3n) is 3.16. The fourth-order valence-electron chi connectivity index (χ4n) is 1.94. The molecule has 1 amide bonds. The molecule has 0 spiro atoms. The van der Waals surface area contributed by atoms with E-state index in [2.05, 4.69) is 20.8 Å². The molecule has 0 saturated heterocycles. The SMILES string of the molecule is COc1ccc(C(=O)NCCNc2ccc(C)nn2)cc1OC. The van der Waals surface area contributed by atoms with Gasteiger partial charge in [-0.2, -0.15) is 5.10 Å². The minimum atomic E-state index is -0.178. The van der Waals surface area contributed by atoms with Crippen LogP contribution in [0.2, 0.25) is 0 Å². The zero-order valence-corrected chi connectivity index (χ0v) is 13.4. The highest BCUT2D eigenvalue weighted by Crippen LogP contribution is 2.27. The van der Waals surface area contributed by atoms with E-state index in [0.717, 1.165) is 5.69 Å². The van der Waals surface area contributed by atoms with Crippen molar-refractivity contribution in [3.05, 3.63) is 41.6 Å². The van der Waals surface area contributed by atoms with Crippen LogP contribution in [0.4, 0.5) is 5.82 Å². The van der Waals surface area contributed by atoms with Crippen LogP contribution >= 0.6 is 0 Å². The number of aromatic nitrogens is 2. The number of hydrogen-bond donors (Lipinski definition) is 2. The van der Waals surface area contributed by atoms with Crippen molar-refractivity contribution < 1.29 is 14.3 Å². The van der Waals surface area contributed by atoms with E-state index in [1.165, 1.54) is 7.11 Å². The zero-order chi connectivity index (χ0) is 16.7. The van der Waals surface area contributed by atoms with Gasteiger partial charge in [-0.3, -0.25) is 4.79 Å². The number of ether oxygens (including phenoxy) is 2. The predicted octanol–water partition coefficient (Wildman–Crippen LogP) is 1.64. The molecule has 1 heterocycles. The van der Waals surface area contributed by atoms with E-state index in [-0.39, 0.29) is 5.91 Å². The minimum absolute atomic E-state index is 0.178. The summed E-state index contributed by atoms with van der Waals surface area (Å²) in [6.45, 7) is 2.89. The summed E-state index contributed by atoms with van der Waals surface area (Å²) in [5, 5.41) is 13.9. The van der Waals surface area contributed by atoms with Gasteiger partial charge in [0, 0.05) is 18.7 Å². The van der Waals surface area contributed by atoms with E-state index in [4.69, 9.17) is 9.47 Å². The van der Waals surface area contributed by atoms with Crippen LogP contribution in [0.5, 0.6) is 11.5 Å². The Labute approximate surface area is 135 Å². The Kier molecular flexibility index (Phi) is 5.74. The van der Waals surface area contributed by atoms with Gasteiger partial charge in [0.05, 0.1) is 19.9 Å². The van der Waals surface area contributed by atoms with Crippen LogP contribution in [-0.2, 0) is 0 Å². The van der Waals surface area contributed by atoms with Crippen molar-refractivity contribution in [3.63, 3.8) is 0 Å². The molecular formula is C16H20N4O3. The molecule has 0 aliphatic heterocycles. The molecular weight excluding hydrogens is 296 g/mol. The first-order chi connectivity index (χ1) is 11.1. The highest BCUT2D eigenvalue weighted by Gasteiger charge is 2.10. The number of anilines is 1. The number of benzene rings is 1. The number of rotatable bonds is 7. The standard InChI is InChI=1S/C16H20N4O3/c1-11-4-7-15(20-19-11)17-8-9-18-16(21)12-5-6-13(22-2)14(10-12)23-3/h4-7,10H,8-9H2,1-3H3,(H,17,20)(H,18,21). The molecule has 0 unspecified atom stereocenters. The molecule has 0 aliphatic rings. The average Bonchev–Trinajstić information content (AvgIpc) is 2.59. The highest BCUT2D eigenvalue weighted by molar-refractivity contribution is 5.94. The molecule has 7 heteroatoms. The number of nitrogens with zero attached hydrogens (tertiary/aromatic N) is 2. The van der Waals surface area contributed by atoms with Crippen LogP contribution in [0.3, 0.4) is 0 Å². The average molecular weight is 316 g/mol. The van der Waals surface area contributed by atoms with Gasteiger partial charge in [-0.05, 0) is 37.3 Å². The number of carbonyl (C=O) groups excluding carboxylic acids is 1. The zero-order valence-electron chi connectivity index (χ0n) is 13.4. The van der Waals surface area contributed by atoms with E-state index in [0.29, 0.717) is 36.0 Å². The van der Waals surface area contributed by atoms with Crippen LogP contribution in [0, 0.1) is 6.92 Å². The topological polar surface area (TPSA) is 85.4 Å². The van der Waals surface area contributed by atoms with Gasteiger partial charge in [0.1, 0.15) is 5.82 Å². The lowest BCUT2D eigenvalue weighted by Gasteiger charge is -2.10. The summed E-state index contributed by atoms with van der Waals surface area (Å²) < 4.78 is 10.3. The van der Waals surface area contributed by atoms with Gasteiger partial charge in [-0.15, -0.1) is 5.10 Å². The van der Waals surface area contributed by atoms with Crippen LogP contribution in [0.15, 0.2) is 30.3 Å². The predicted molar refractivity (Wildman–Crippen MR) is 87.1 cm³/mol. The summed E-state index contributed by atoms with van der Waals surface area (Å²) in [4.78, 5) is 12.1. The van der Waals surface area contributed by atoms with Crippen molar-refractivity contribution in [2.45, 2.75) is 6.92 Å². The van der Waals surface area contributed by atoms with Gasteiger partial charge < -0.3 is 20.1 Å². The maximum atomic E-state index is 12.1. The molecule has 0 bridgehead atoms. The fourth-order valence-corrected chi connectivity index (χ4v) is 1.94. The fraction of sp³-hybridized carbons (Fsp3) is 0.312. The lowest BCUT2D eigenvalue weighted by atomic mass is 10.2. The van der Waals surface area contributed by atoms with Crippen molar-refractivity contribution in [2.75, 3.05) is 32.6 Å². The first-order valence-corrected chi connectivity index (χ1v) is 7.18. The molecule has 122 valence electrons. The lowest BCUT2D eigenvalue weighted by Crippen LogP contribution is -2.28. The number of nitrogens with one attached hydrogen (secondary N) is 2. The van der Waals surface area contributed by atoms with E-state index >= 15 is 0 Å². The molecule has 0 atom stereocenters. The molecule has 7 nitrogen and oxygen atoms in total.